The van der Waals surface area contributed by atoms with Crippen molar-refractivity contribution in [3.05, 3.63) is 12.1 Å². The Hall–Kier alpha value is -1.47. The molecule has 0 unspecified atom stereocenters. The number of rotatable bonds is 1. The van der Waals surface area contributed by atoms with E-state index in [0.717, 1.165) is 12.1 Å². The van der Waals surface area contributed by atoms with Crippen LogP contribution in [0.25, 0.3) is 0 Å². The smallest absolute Gasteiger partial charge is 0.296 e. The number of hydrogen-bond acceptors (Lipinski definition) is 5. The maximum atomic E-state index is 10.6. The van der Waals surface area contributed by atoms with E-state index in [-0.39, 0.29) is 0 Å². The molecule has 0 aromatic heterocycles. The van der Waals surface area contributed by atoms with Crippen molar-refractivity contribution >= 4 is 15.8 Å². The lowest BCUT2D eigenvalue weighted by molar-refractivity contribution is 0.403. The van der Waals surface area contributed by atoms with E-state index in [1.165, 1.54) is 0 Å². The SMILES string of the molecule is Nc1c(S(=O)(=O)O)ccc(O)c1O. The Bertz CT molecular complexity index is 439. The fourth-order valence-electron chi connectivity index (χ4n) is 0.803. The van der Waals surface area contributed by atoms with Crippen molar-refractivity contribution in [1.29, 1.82) is 0 Å². The number of hydrogen-bond donors (Lipinski definition) is 4. The molecule has 5 N–H and O–H groups in total. The summed E-state index contributed by atoms with van der Waals surface area (Å²) in [4.78, 5) is -0.636. The molecule has 0 aliphatic heterocycles. The average Bonchev–Trinajstić information content (AvgIpc) is 1.98. The Morgan fingerprint density at radius 3 is 2.23 bits per heavy atom. The summed E-state index contributed by atoms with van der Waals surface area (Å²) in [6.07, 6.45) is 0. The Balaban J connectivity index is 3.53. The lowest BCUT2D eigenvalue weighted by atomic mass is 10.3. The summed E-state index contributed by atoms with van der Waals surface area (Å²) < 4.78 is 29.8. The van der Waals surface area contributed by atoms with Crippen LogP contribution in [0.3, 0.4) is 0 Å². The molecule has 6 nitrogen and oxygen atoms in total. The van der Waals surface area contributed by atoms with E-state index < -0.39 is 32.2 Å². The first kappa shape index (κ1) is 9.62. The number of phenols is 2. The lowest BCUT2D eigenvalue weighted by Crippen LogP contribution is -2.02. The molecule has 0 saturated carbocycles. The van der Waals surface area contributed by atoms with Crippen LogP contribution in [0.5, 0.6) is 11.5 Å². The molecule has 0 fully saturated rings. The highest BCUT2D eigenvalue weighted by molar-refractivity contribution is 7.86. The normalized spacial score (nSPS) is 11.5. The monoisotopic (exact) mass is 205 g/mol. The van der Waals surface area contributed by atoms with Gasteiger partial charge in [-0.15, -0.1) is 0 Å². The summed E-state index contributed by atoms with van der Waals surface area (Å²) in [5.74, 6) is -1.32. The first-order valence-corrected chi connectivity index (χ1v) is 4.56. The fourth-order valence-corrected chi connectivity index (χ4v) is 1.42. The number of benzene rings is 1. The van der Waals surface area contributed by atoms with Gasteiger partial charge in [0, 0.05) is 0 Å². The molecule has 7 heteroatoms. The standard InChI is InChI=1S/C6H7NO5S/c7-5-4(13(10,11)12)2-1-3(8)6(5)9/h1-2,8-9H,7H2,(H,10,11,12). The van der Waals surface area contributed by atoms with E-state index in [0.29, 0.717) is 0 Å². The van der Waals surface area contributed by atoms with Crippen LogP contribution in [0.4, 0.5) is 5.69 Å². The van der Waals surface area contributed by atoms with Gasteiger partial charge in [-0.05, 0) is 12.1 Å². The van der Waals surface area contributed by atoms with Crippen molar-refractivity contribution in [2.24, 2.45) is 0 Å². The average molecular weight is 205 g/mol. The Morgan fingerprint density at radius 2 is 1.77 bits per heavy atom. The van der Waals surface area contributed by atoms with Gasteiger partial charge >= 0.3 is 0 Å². The van der Waals surface area contributed by atoms with Crippen LogP contribution < -0.4 is 5.73 Å². The van der Waals surface area contributed by atoms with Gasteiger partial charge < -0.3 is 15.9 Å². The van der Waals surface area contributed by atoms with Crippen LogP contribution in [0.1, 0.15) is 0 Å². The number of aromatic hydroxyl groups is 2. The quantitative estimate of drug-likeness (QED) is 0.289. The van der Waals surface area contributed by atoms with Crippen molar-refractivity contribution in [3.63, 3.8) is 0 Å². The molecule has 0 bridgehead atoms. The Morgan fingerprint density at radius 1 is 1.23 bits per heavy atom. The number of nitrogen functional groups attached to an aromatic ring is 1. The molecular weight excluding hydrogens is 198 g/mol. The third kappa shape index (κ3) is 1.65. The van der Waals surface area contributed by atoms with Crippen molar-refractivity contribution in [1.82, 2.24) is 0 Å². The Kier molecular flexibility index (Phi) is 2.06. The van der Waals surface area contributed by atoms with Gasteiger partial charge in [0.2, 0.25) is 0 Å². The third-order valence-electron chi connectivity index (χ3n) is 1.43. The molecule has 0 radical (unpaired) electrons. The highest BCUT2D eigenvalue weighted by Crippen LogP contribution is 2.35. The van der Waals surface area contributed by atoms with Gasteiger partial charge in [-0.2, -0.15) is 8.42 Å². The molecule has 0 heterocycles. The molecule has 0 amide bonds. The zero-order valence-corrected chi connectivity index (χ0v) is 7.11. The summed E-state index contributed by atoms with van der Waals surface area (Å²) in [5, 5.41) is 17.9. The minimum absolute atomic E-state index is 0.551. The van der Waals surface area contributed by atoms with E-state index in [4.69, 9.17) is 20.5 Å². The van der Waals surface area contributed by atoms with E-state index in [9.17, 15) is 8.42 Å². The number of phenolic OH excluding ortho intramolecular Hbond substituents is 2. The van der Waals surface area contributed by atoms with Crippen LogP contribution in [-0.2, 0) is 10.1 Å². The molecule has 0 saturated heterocycles. The minimum Gasteiger partial charge on any atom is -0.504 e. The summed E-state index contributed by atoms with van der Waals surface area (Å²) >= 11 is 0. The van der Waals surface area contributed by atoms with E-state index >= 15 is 0 Å². The van der Waals surface area contributed by atoms with Crippen LogP contribution in [-0.4, -0.2) is 23.2 Å². The summed E-state index contributed by atoms with van der Waals surface area (Å²) in [7, 11) is -4.47. The largest absolute Gasteiger partial charge is 0.504 e. The van der Waals surface area contributed by atoms with Gasteiger partial charge in [-0.1, -0.05) is 0 Å². The number of anilines is 1. The molecule has 13 heavy (non-hydrogen) atoms. The summed E-state index contributed by atoms with van der Waals surface area (Å²) in [6, 6.07) is 1.80. The molecule has 1 aromatic carbocycles. The molecule has 0 atom stereocenters. The summed E-state index contributed by atoms with van der Waals surface area (Å²) in [6.45, 7) is 0. The van der Waals surface area contributed by atoms with Crippen molar-refractivity contribution in [3.8, 4) is 11.5 Å². The highest BCUT2D eigenvalue weighted by Gasteiger charge is 2.18. The van der Waals surface area contributed by atoms with E-state index in [1.807, 2.05) is 0 Å². The van der Waals surface area contributed by atoms with Gasteiger partial charge in [0.15, 0.2) is 11.5 Å². The molecule has 0 aliphatic rings. The first-order valence-electron chi connectivity index (χ1n) is 3.12. The predicted octanol–water partition coefficient (Wildman–Crippen LogP) is -0.0733. The molecule has 1 aromatic rings. The minimum atomic E-state index is -4.47. The van der Waals surface area contributed by atoms with Crippen LogP contribution in [0.15, 0.2) is 17.0 Å². The fraction of sp³-hybridized carbons (Fsp3) is 0. The lowest BCUT2D eigenvalue weighted by Gasteiger charge is -2.05. The second-order valence-corrected chi connectivity index (χ2v) is 3.71. The Labute approximate surface area is 74.0 Å². The summed E-state index contributed by atoms with van der Waals surface area (Å²) in [5.41, 5.74) is 4.54. The maximum Gasteiger partial charge on any atom is 0.296 e. The van der Waals surface area contributed by atoms with Gasteiger partial charge in [0.05, 0.1) is 5.69 Å². The van der Waals surface area contributed by atoms with Crippen LogP contribution >= 0.6 is 0 Å². The van der Waals surface area contributed by atoms with E-state index in [2.05, 4.69) is 0 Å². The highest BCUT2D eigenvalue weighted by atomic mass is 32.2. The van der Waals surface area contributed by atoms with E-state index in [1.54, 1.807) is 0 Å². The first-order chi connectivity index (χ1) is 5.84. The second-order valence-electron chi connectivity index (χ2n) is 2.32. The predicted molar refractivity (Wildman–Crippen MR) is 44.0 cm³/mol. The molecular formula is C6H7NO5S. The zero-order valence-electron chi connectivity index (χ0n) is 6.30. The van der Waals surface area contributed by atoms with Gasteiger partial charge in [0.25, 0.3) is 10.1 Å². The molecule has 0 aliphatic carbocycles. The molecule has 1 rings (SSSR count). The van der Waals surface area contributed by atoms with Crippen LogP contribution in [0, 0.1) is 0 Å². The van der Waals surface area contributed by atoms with Crippen molar-refractivity contribution in [2.75, 3.05) is 5.73 Å². The zero-order chi connectivity index (χ0) is 10.2. The molecule has 0 spiro atoms. The van der Waals surface area contributed by atoms with Crippen molar-refractivity contribution < 1.29 is 23.2 Å². The maximum absolute atomic E-state index is 10.6. The van der Waals surface area contributed by atoms with Crippen molar-refractivity contribution in [2.45, 2.75) is 4.90 Å². The molecule has 72 valence electrons. The third-order valence-corrected chi connectivity index (χ3v) is 2.35. The number of nitrogens with two attached hydrogens (primary N) is 1. The second kappa shape index (κ2) is 2.79. The van der Waals surface area contributed by atoms with Gasteiger partial charge in [0.1, 0.15) is 4.90 Å². The van der Waals surface area contributed by atoms with Gasteiger partial charge in [-0.25, -0.2) is 0 Å². The topological polar surface area (TPSA) is 121 Å². The van der Waals surface area contributed by atoms with Crippen LogP contribution in [0.2, 0.25) is 0 Å². The van der Waals surface area contributed by atoms with Gasteiger partial charge in [-0.3, -0.25) is 4.55 Å².